The Morgan fingerprint density at radius 3 is 2.52 bits per heavy atom. The fourth-order valence-corrected chi connectivity index (χ4v) is 5.09. The molecule has 3 heterocycles. The summed E-state index contributed by atoms with van der Waals surface area (Å²) >= 11 is 0. The Kier molecular flexibility index (Phi) is 7.03. The zero-order valence-electron chi connectivity index (χ0n) is 22.2. The van der Waals surface area contributed by atoms with E-state index in [1.54, 1.807) is 57.3 Å². The normalized spacial score (nSPS) is 18.1. The van der Waals surface area contributed by atoms with E-state index in [4.69, 9.17) is 14.9 Å². The molecule has 9 nitrogen and oxygen atoms in total. The van der Waals surface area contributed by atoms with Crippen molar-refractivity contribution in [3.63, 3.8) is 0 Å². The summed E-state index contributed by atoms with van der Waals surface area (Å²) < 4.78 is 51.7. The van der Waals surface area contributed by atoms with Gasteiger partial charge in [0, 0.05) is 13.6 Å². The van der Waals surface area contributed by atoms with E-state index in [1.165, 1.54) is 4.90 Å². The molecule has 0 radical (unpaired) electrons. The van der Waals surface area contributed by atoms with E-state index in [0.717, 1.165) is 4.90 Å². The van der Waals surface area contributed by atoms with Crippen LogP contribution in [0.3, 0.4) is 0 Å². The van der Waals surface area contributed by atoms with Crippen LogP contribution in [0.4, 0.5) is 30.5 Å². The van der Waals surface area contributed by atoms with Crippen LogP contribution in [0.1, 0.15) is 38.1 Å². The van der Waals surface area contributed by atoms with E-state index in [9.17, 15) is 18.0 Å². The van der Waals surface area contributed by atoms with Crippen molar-refractivity contribution in [1.82, 2.24) is 14.9 Å². The summed E-state index contributed by atoms with van der Waals surface area (Å²) in [6, 6.07) is 13.9. The van der Waals surface area contributed by atoms with Gasteiger partial charge in [0.1, 0.15) is 23.4 Å². The van der Waals surface area contributed by atoms with Crippen molar-refractivity contribution in [3.8, 4) is 11.5 Å². The van der Waals surface area contributed by atoms with Gasteiger partial charge in [0.05, 0.1) is 16.7 Å². The number of hydrogen-bond donors (Lipinski definition) is 2. The van der Waals surface area contributed by atoms with Crippen molar-refractivity contribution < 1.29 is 27.4 Å². The second-order valence-corrected chi connectivity index (χ2v) is 10.1. The molecule has 3 aromatic rings. The van der Waals surface area contributed by atoms with Gasteiger partial charge >= 0.3 is 6.18 Å². The molecule has 0 aliphatic carbocycles. The van der Waals surface area contributed by atoms with Crippen molar-refractivity contribution in [2.45, 2.75) is 50.9 Å². The molecule has 1 atom stereocenters. The van der Waals surface area contributed by atoms with Gasteiger partial charge in [0.2, 0.25) is 5.91 Å². The zero-order chi connectivity index (χ0) is 28.7. The quantitative estimate of drug-likeness (QED) is 0.296. The summed E-state index contributed by atoms with van der Waals surface area (Å²) in [5, 5.41) is 11.2. The van der Waals surface area contributed by atoms with Crippen LogP contribution in [0.25, 0.3) is 0 Å². The van der Waals surface area contributed by atoms with Gasteiger partial charge in [-0.25, -0.2) is 9.97 Å². The molecule has 1 amide bonds. The topological polar surface area (TPSA) is 104 Å². The van der Waals surface area contributed by atoms with Crippen molar-refractivity contribution in [1.29, 1.82) is 5.41 Å². The summed E-state index contributed by atoms with van der Waals surface area (Å²) in [5.74, 6) is 1.55. The summed E-state index contributed by atoms with van der Waals surface area (Å²) in [7, 11) is 1.66. The number of alkyl halides is 3. The van der Waals surface area contributed by atoms with Gasteiger partial charge in [0.25, 0.3) is 6.02 Å². The average molecular weight is 555 g/mol. The molecule has 2 aliphatic heterocycles. The average Bonchev–Trinajstić information content (AvgIpc) is 3.50. The number of anilines is 3. The lowest BCUT2D eigenvalue weighted by Crippen LogP contribution is -2.45. The highest BCUT2D eigenvalue weighted by molar-refractivity contribution is 6.13. The Morgan fingerprint density at radius 1 is 1.12 bits per heavy atom. The minimum atomic E-state index is -4.46. The third-order valence-corrected chi connectivity index (χ3v) is 7.05. The smallest absolute Gasteiger partial charge is 0.408 e. The first kappa shape index (κ1) is 27.2. The summed E-state index contributed by atoms with van der Waals surface area (Å²) in [4.78, 5) is 25.3. The Labute approximate surface area is 229 Å². The lowest BCUT2D eigenvalue weighted by atomic mass is 9.87. The molecule has 0 bridgehead atoms. The molecule has 5 rings (SSSR count). The van der Waals surface area contributed by atoms with Gasteiger partial charge in [-0.05, 0) is 51.0 Å². The van der Waals surface area contributed by atoms with Gasteiger partial charge in [-0.15, -0.1) is 0 Å². The molecular formula is C28H29F3N6O3. The Balaban J connectivity index is 1.49. The number of hydrogen-bond acceptors (Lipinski definition) is 7. The van der Waals surface area contributed by atoms with Gasteiger partial charge in [0.15, 0.2) is 18.2 Å². The zero-order valence-corrected chi connectivity index (χ0v) is 22.2. The monoisotopic (exact) mass is 554 g/mol. The van der Waals surface area contributed by atoms with E-state index >= 15 is 0 Å². The van der Waals surface area contributed by atoms with Gasteiger partial charge in [-0.3, -0.25) is 15.1 Å². The molecule has 12 heteroatoms. The van der Waals surface area contributed by atoms with E-state index in [1.807, 2.05) is 18.2 Å². The number of ether oxygens (including phenoxy) is 2. The number of nitrogens with zero attached hydrogens (tertiary/aromatic N) is 4. The summed E-state index contributed by atoms with van der Waals surface area (Å²) in [5.41, 5.74) is 0.0217. The Morgan fingerprint density at radius 2 is 1.82 bits per heavy atom. The van der Waals surface area contributed by atoms with Crippen LogP contribution in [0.5, 0.6) is 11.5 Å². The lowest BCUT2D eigenvalue weighted by Gasteiger charge is -2.27. The van der Waals surface area contributed by atoms with Crippen molar-refractivity contribution in [2.24, 2.45) is 0 Å². The van der Waals surface area contributed by atoms with E-state index in [-0.39, 0.29) is 31.3 Å². The number of nitrogens with one attached hydrogen (secondary N) is 2. The molecule has 1 aromatic heterocycles. The standard InChI is InChI=1S/C28H29F3N6O3/c1-27(2)22-23(33-3)34-21(16-39-26(32)36-15-9-14-20(36)28(29,30)31)35-24(22)37(25(27)38)18-12-7-8-13-19(18)40-17-10-5-4-6-11-17/h4-8,10-13,20,32H,9,14-16H2,1-3H3,(H,33,34,35). The van der Waals surface area contributed by atoms with E-state index in [2.05, 4.69) is 15.3 Å². The predicted octanol–water partition coefficient (Wildman–Crippen LogP) is 5.74. The first-order valence-electron chi connectivity index (χ1n) is 12.8. The molecule has 2 aliphatic rings. The van der Waals surface area contributed by atoms with Crippen molar-refractivity contribution in [3.05, 3.63) is 66.0 Å². The highest BCUT2D eigenvalue weighted by Crippen LogP contribution is 2.49. The maximum Gasteiger partial charge on any atom is 0.408 e. The highest BCUT2D eigenvalue weighted by Gasteiger charge is 2.50. The number of rotatable bonds is 6. The second-order valence-electron chi connectivity index (χ2n) is 10.1. The third-order valence-electron chi connectivity index (χ3n) is 7.05. The number of aromatic nitrogens is 2. The molecule has 210 valence electrons. The number of fused-ring (bicyclic) bond motifs is 1. The number of amides is 1. The van der Waals surface area contributed by atoms with E-state index < -0.39 is 23.7 Å². The maximum atomic E-state index is 13.8. The number of likely N-dealkylation sites (tertiary alicyclic amines) is 1. The first-order chi connectivity index (χ1) is 19.0. The lowest BCUT2D eigenvalue weighted by molar-refractivity contribution is -0.169. The maximum absolute atomic E-state index is 13.8. The molecule has 1 saturated heterocycles. The molecule has 2 N–H and O–H groups in total. The van der Waals surface area contributed by atoms with Crippen LogP contribution in [0, 0.1) is 5.41 Å². The largest absolute Gasteiger partial charge is 0.457 e. The van der Waals surface area contributed by atoms with Gasteiger partial charge < -0.3 is 19.7 Å². The number of amidine groups is 1. The minimum absolute atomic E-state index is 0.0739. The first-order valence-corrected chi connectivity index (χ1v) is 12.8. The predicted molar refractivity (Wildman–Crippen MR) is 143 cm³/mol. The Hall–Kier alpha value is -4.35. The van der Waals surface area contributed by atoms with Crippen LogP contribution < -0.4 is 15.0 Å². The number of carbonyl (C=O) groups excluding carboxylic acids is 1. The summed E-state index contributed by atoms with van der Waals surface area (Å²) in [6.45, 7) is 3.27. The van der Waals surface area contributed by atoms with Crippen LogP contribution >= 0.6 is 0 Å². The van der Waals surface area contributed by atoms with Crippen LogP contribution in [0.2, 0.25) is 0 Å². The minimum Gasteiger partial charge on any atom is -0.457 e. The molecule has 40 heavy (non-hydrogen) atoms. The molecule has 1 fully saturated rings. The number of para-hydroxylation sites is 3. The SMILES string of the molecule is CNc1nc(COC(=N)N2CCCC2C(F)(F)F)nc2c1C(C)(C)C(=O)N2c1ccccc1Oc1ccccc1. The molecule has 0 spiro atoms. The third kappa shape index (κ3) is 4.89. The Bertz CT molecular complexity index is 1430. The fraction of sp³-hybridized carbons (Fsp3) is 0.357. The van der Waals surface area contributed by atoms with E-state index in [0.29, 0.717) is 40.8 Å². The summed E-state index contributed by atoms with van der Waals surface area (Å²) in [6.07, 6.45) is -4.24. The van der Waals surface area contributed by atoms with Crippen molar-refractivity contribution >= 4 is 29.3 Å². The molecule has 0 saturated carbocycles. The van der Waals surface area contributed by atoms with Gasteiger partial charge in [-0.1, -0.05) is 30.3 Å². The molecular weight excluding hydrogens is 525 g/mol. The highest BCUT2D eigenvalue weighted by atomic mass is 19.4. The second kappa shape index (κ2) is 10.3. The number of halogens is 3. The van der Waals surface area contributed by atoms with Gasteiger partial charge in [-0.2, -0.15) is 13.2 Å². The number of carbonyl (C=O) groups is 1. The van der Waals surface area contributed by atoms with Crippen LogP contribution in [0.15, 0.2) is 54.6 Å². The van der Waals surface area contributed by atoms with Crippen LogP contribution in [-0.4, -0.2) is 52.6 Å². The molecule has 1 unspecified atom stereocenters. The van der Waals surface area contributed by atoms with Crippen molar-refractivity contribution in [2.75, 3.05) is 23.8 Å². The van der Waals surface area contributed by atoms with Crippen LogP contribution in [-0.2, 0) is 21.6 Å². The number of benzene rings is 2. The molecule has 2 aromatic carbocycles. The fourth-order valence-electron chi connectivity index (χ4n) is 5.09.